The van der Waals surface area contributed by atoms with Gasteiger partial charge in [0.2, 0.25) is 0 Å². The summed E-state index contributed by atoms with van der Waals surface area (Å²) in [4.78, 5) is 19.7. The molecule has 16 heavy (non-hydrogen) atoms. The van der Waals surface area contributed by atoms with Crippen molar-refractivity contribution in [2.24, 2.45) is 0 Å². The number of ether oxygens (including phenoxy) is 1. The summed E-state index contributed by atoms with van der Waals surface area (Å²) in [5, 5.41) is 3.86. The lowest BCUT2D eigenvalue weighted by Crippen LogP contribution is -2.49. The fraction of sp³-hybridized carbons (Fsp3) is 0.300. The third kappa shape index (κ3) is 1.43. The average molecular weight is 218 g/mol. The molecule has 0 bridgehead atoms. The number of rotatable bonds is 1. The second-order valence-electron chi connectivity index (χ2n) is 3.65. The van der Waals surface area contributed by atoms with E-state index in [1.165, 1.54) is 10.9 Å². The Morgan fingerprint density at radius 1 is 1.56 bits per heavy atom. The zero-order chi connectivity index (χ0) is 11.0. The first-order valence-corrected chi connectivity index (χ1v) is 5.03. The Kier molecular flexibility index (Phi) is 2.07. The molecule has 1 N–H and O–H groups in total. The lowest BCUT2D eigenvalue weighted by atomic mass is 10.2. The summed E-state index contributed by atoms with van der Waals surface area (Å²) in [6, 6.07) is 1.79. The Bertz CT molecular complexity index is 532. The van der Waals surface area contributed by atoms with Crippen LogP contribution in [0.2, 0.25) is 0 Å². The Hall–Kier alpha value is -1.95. The minimum Gasteiger partial charge on any atom is -0.443 e. The molecule has 1 aliphatic rings. The number of hydrogen-bond donors (Lipinski definition) is 1. The van der Waals surface area contributed by atoms with Crippen molar-refractivity contribution in [1.29, 1.82) is 0 Å². The van der Waals surface area contributed by atoms with Crippen LogP contribution in [0.1, 0.15) is 0 Å². The fourth-order valence-corrected chi connectivity index (χ4v) is 1.57. The third-order valence-corrected chi connectivity index (χ3v) is 2.56. The second-order valence-corrected chi connectivity index (χ2v) is 3.65. The molecule has 1 saturated heterocycles. The van der Waals surface area contributed by atoms with Crippen molar-refractivity contribution in [3.63, 3.8) is 0 Å². The van der Waals surface area contributed by atoms with Crippen molar-refractivity contribution < 1.29 is 9.53 Å². The second kappa shape index (κ2) is 3.57. The minimum absolute atomic E-state index is 0.0215. The number of carbonyl (C=O) groups is 1. The van der Waals surface area contributed by atoms with Crippen LogP contribution in [-0.2, 0) is 4.74 Å². The van der Waals surface area contributed by atoms with Gasteiger partial charge in [0, 0.05) is 30.9 Å². The largest absolute Gasteiger partial charge is 0.443 e. The van der Waals surface area contributed by atoms with Crippen LogP contribution in [-0.4, -0.2) is 39.8 Å². The Balaban J connectivity index is 1.89. The highest BCUT2D eigenvalue weighted by molar-refractivity contribution is 5.86. The first-order valence-electron chi connectivity index (χ1n) is 5.03. The zero-order valence-electron chi connectivity index (χ0n) is 8.46. The predicted octanol–water partition coefficient (Wildman–Crippen LogP) is 0.388. The van der Waals surface area contributed by atoms with Crippen molar-refractivity contribution in [3.8, 4) is 0 Å². The third-order valence-electron chi connectivity index (χ3n) is 2.56. The van der Waals surface area contributed by atoms with E-state index in [0.717, 1.165) is 18.5 Å². The van der Waals surface area contributed by atoms with Gasteiger partial charge in [-0.25, -0.2) is 19.3 Å². The molecule has 3 heterocycles. The van der Waals surface area contributed by atoms with Gasteiger partial charge in [-0.3, -0.25) is 0 Å². The smallest absolute Gasteiger partial charge is 0.420 e. The van der Waals surface area contributed by atoms with E-state index in [4.69, 9.17) is 4.74 Å². The van der Waals surface area contributed by atoms with Crippen LogP contribution in [0, 0.1) is 0 Å². The number of hydrogen-bond acceptors (Lipinski definition) is 5. The van der Waals surface area contributed by atoms with E-state index in [1.807, 2.05) is 0 Å². The maximum atomic E-state index is 11.8. The summed E-state index contributed by atoms with van der Waals surface area (Å²) < 4.78 is 6.64. The maximum Gasteiger partial charge on any atom is 0.420 e. The van der Waals surface area contributed by atoms with Crippen LogP contribution < -0.4 is 5.32 Å². The standard InChI is InChI=1S/C10H10N4O2/c15-10(16-8-4-11-5-8)14-2-1-7-3-12-6-13-9(7)14/h1-3,6,8,11H,4-5H2. The van der Waals surface area contributed by atoms with Crippen LogP contribution in [0.15, 0.2) is 24.8 Å². The first-order chi connectivity index (χ1) is 7.84. The van der Waals surface area contributed by atoms with Crippen LogP contribution in [0.5, 0.6) is 0 Å². The predicted molar refractivity (Wildman–Crippen MR) is 56.1 cm³/mol. The summed E-state index contributed by atoms with van der Waals surface area (Å²) in [6.45, 7) is 1.44. The maximum absolute atomic E-state index is 11.8. The van der Waals surface area contributed by atoms with E-state index in [0.29, 0.717) is 5.65 Å². The fourth-order valence-electron chi connectivity index (χ4n) is 1.57. The van der Waals surface area contributed by atoms with Gasteiger partial charge in [-0.05, 0) is 6.07 Å². The molecule has 0 radical (unpaired) electrons. The average Bonchev–Trinajstić information content (AvgIpc) is 2.67. The Labute approximate surface area is 91.3 Å². The van der Waals surface area contributed by atoms with Crippen LogP contribution >= 0.6 is 0 Å². The normalized spacial score (nSPS) is 16.0. The van der Waals surface area contributed by atoms with Gasteiger partial charge in [-0.2, -0.15) is 0 Å². The monoisotopic (exact) mass is 218 g/mol. The molecule has 3 rings (SSSR count). The van der Waals surface area contributed by atoms with Gasteiger partial charge in [0.25, 0.3) is 0 Å². The van der Waals surface area contributed by atoms with Crippen LogP contribution in [0.25, 0.3) is 11.0 Å². The van der Waals surface area contributed by atoms with Crippen molar-refractivity contribution in [2.45, 2.75) is 6.10 Å². The molecule has 0 amide bonds. The molecule has 6 heteroatoms. The summed E-state index contributed by atoms with van der Waals surface area (Å²) in [7, 11) is 0. The van der Waals surface area contributed by atoms with Crippen LogP contribution in [0.3, 0.4) is 0 Å². The quantitative estimate of drug-likeness (QED) is 0.749. The van der Waals surface area contributed by atoms with Crippen LogP contribution in [0.4, 0.5) is 4.79 Å². The molecule has 0 unspecified atom stereocenters. The van der Waals surface area contributed by atoms with Gasteiger partial charge < -0.3 is 10.1 Å². The summed E-state index contributed by atoms with van der Waals surface area (Å²) in [5.41, 5.74) is 0.576. The highest BCUT2D eigenvalue weighted by atomic mass is 16.6. The molecule has 0 spiro atoms. The number of nitrogens with one attached hydrogen (secondary N) is 1. The molecular weight excluding hydrogens is 208 g/mol. The molecule has 0 atom stereocenters. The van der Waals surface area contributed by atoms with Crippen molar-refractivity contribution in [2.75, 3.05) is 13.1 Å². The van der Waals surface area contributed by atoms with Crippen molar-refractivity contribution in [1.82, 2.24) is 19.9 Å². The van der Waals surface area contributed by atoms with E-state index in [1.54, 1.807) is 18.5 Å². The molecule has 82 valence electrons. The van der Waals surface area contributed by atoms with Gasteiger partial charge in [0.05, 0.1) is 0 Å². The minimum atomic E-state index is -0.389. The highest BCUT2D eigenvalue weighted by Gasteiger charge is 2.22. The molecule has 1 aliphatic heterocycles. The van der Waals surface area contributed by atoms with Crippen molar-refractivity contribution >= 4 is 17.1 Å². The highest BCUT2D eigenvalue weighted by Crippen LogP contribution is 2.12. The van der Waals surface area contributed by atoms with Gasteiger partial charge in [0.1, 0.15) is 12.4 Å². The lowest BCUT2D eigenvalue weighted by molar-refractivity contribution is 0.0688. The van der Waals surface area contributed by atoms with Gasteiger partial charge in [0.15, 0.2) is 5.65 Å². The van der Waals surface area contributed by atoms with E-state index >= 15 is 0 Å². The zero-order valence-corrected chi connectivity index (χ0v) is 8.46. The Morgan fingerprint density at radius 3 is 3.19 bits per heavy atom. The number of aromatic nitrogens is 3. The number of nitrogens with zero attached hydrogens (tertiary/aromatic N) is 3. The molecule has 0 aliphatic carbocycles. The van der Waals surface area contributed by atoms with Crippen molar-refractivity contribution in [3.05, 3.63) is 24.8 Å². The molecule has 1 fully saturated rings. The molecule has 2 aromatic heterocycles. The van der Waals surface area contributed by atoms with E-state index < -0.39 is 0 Å². The lowest BCUT2D eigenvalue weighted by Gasteiger charge is -2.26. The summed E-state index contributed by atoms with van der Waals surface area (Å²) >= 11 is 0. The van der Waals surface area contributed by atoms with Gasteiger partial charge in [-0.15, -0.1) is 0 Å². The Morgan fingerprint density at radius 2 is 2.44 bits per heavy atom. The molecule has 2 aromatic rings. The topological polar surface area (TPSA) is 69.0 Å². The number of carbonyl (C=O) groups excluding carboxylic acids is 1. The summed E-state index contributed by atoms with van der Waals surface area (Å²) in [6.07, 6.45) is 4.31. The number of fused-ring (bicyclic) bond motifs is 1. The first kappa shape index (κ1) is 9.29. The van der Waals surface area contributed by atoms with Gasteiger partial charge >= 0.3 is 6.09 Å². The molecule has 0 aromatic carbocycles. The molecular formula is C10H10N4O2. The van der Waals surface area contributed by atoms with Gasteiger partial charge in [-0.1, -0.05) is 0 Å². The molecule has 6 nitrogen and oxygen atoms in total. The summed E-state index contributed by atoms with van der Waals surface area (Å²) in [5.74, 6) is 0. The SMILES string of the molecule is O=C(OC1CNC1)n1ccc2cncnc21. The molecule has 0 saturated carbocycles. The van der Waals surface area contributed by atoms with E-state index in [2.05, 4.69) is 15.3 Å². The van der Waals surface area contributed by atoms with E-state index in [-0.39, 0.29) is 12.2 Å². The van der Waals surface area contributed by atoms with E-state index in [9.17, 15) is 4.79 Å².